The van der Waals surface area contributed by atoms with Crippen LogP contribution >= 0.6 is 11.8 Å². The van der Waals surface area contributed by atoms with Crippen molar-refractivity contribution in [3.05, 3.63) is 0 Å². The first kappa shape index (κ1) is 12.3. The van der Waals surface area contributed by atoms with Crippen LogP contribution in [0.5, 0.6) is 0 Å². The monoisotopic (exact) mass is 200 g/mol. The molecule has 0 aromatic rings. The molecule has 0 aromatic carbocycles. The molecule has 13 heavy (non-hydrogen) atoms. The van der Waals surface area contributed by atoms with Crippen molar-refractivity contribution in [1.29, 1.82) is 5.26 Å². The Labute approximate surface area is 84.0 Å². The van der Waals surface area contributed by atoms with Crippen molar-refractivity contribution in [1.82, 2.24) is 10.2 Å². The van der Waals surface area contributed by atoms with Crippen LogP contribution in [0.15, 0.2) is 4.99 Å². The summed E-state index contributed by atoms with van der Waals surface area (Å²) in [5.74, 6) is 0.986. The van der Waals surface area contributed by atoms with Gasteiger partial charge in [0.25, 0.3) is 0 Å². The van der Waals surface area contributed by atoms with Gasteiger partial charge in [-0.2, -0.15) is 5.26 Å². The van der Waals surface area contributed by atoms with Crippen molar-refractivity contribution in [2.24, 2.45) is 4.99 Å². The Morgan fingerprint density at radius 2 is 2.31 bits per heavy atom. The van der Waals surface area contributed by atoms with Gasteiger partial charge in [-0.05, 0) is 27.1 Å². The number of nitrogens with one attached hydrogen (secondary N) is 1. The Kier molecular flexibility index (Phi) is 7.45. The lowest BCUT2D eigenvalue weighted by molar-refractivity contribution is 0.410. The average Bonchev–Trinajstić information content (AvgIpc) is 2.10. The highest BCUT2D eigenvalue weighted by molar-refractivity contribution is 8.13. The van der Waals surface area contributed by atoms with E-state index in [1.54, 1.807) is 18.8 Å². The van der Waals surface area contributed by atoms with E-state index < -0.39 is 0 Å². The highest BCUT2D eigenvalue weighted by atomic mass is 32.2. The first-order valence-electron chi connectivity index (χ1n) is 4.10. The SMILES string of the molecule is CN=C(NC#N)SCCCN(C)C. The number of thioether (sulfide) groups is 1. The molecule has 0 spiro atoms. The summed E-state index contributed by atoms with van der Waals surface area (Å²) in [4.78, 5) is 6.07. The Hall–Kier alpha value is -0.730. The van der Waals surface area contributed by atoms with E-state index in [1.165, 1.54) is 0 Å². The Morgan fingerprint density at radius 3 is 2.77 bits per heavy atom. The Balaban J connectivity index is 3.46. The molecule has 0 bridgehead atoms. The minimum absolute atomic E-state index is 0.696. The third kappa shape index (κ3) is 7.62. The molecule has 4 nitrogen and oxygen atoms in total. The third-order valence-corrected chi connectivity index (χ3v) is 2.41. The highest BCUT2D eigenvalue weighted by Gasteiger charge is 1.97. The molecule has 0 saturated carbocycles. The summed E-state index contributed by atoms with van der Waals surface area (Å²) in [7, 11) is 5.78. The van der Waals surface area contributed by atoms with Gasteiger partial charge in [-0.15, -0.1) is 0 Å². The third-order valence-electron chi connectivity index (χ3n) is 1.35. The molecule has 0 fully saturated rings. The number of rotatable bonds is 4. The van der Waals surface area contributed by atoms with Crippen molar-refractivity contribution in [3.8, 4) is 6.19 Å². The van der Waals surface area contributed by atoms with Crippen LogP contribution in [-0.2, 0) is 0 Å². The maximum atomic E-state index is 8.35. The van der Waals surface area contributed by atoms with Gasteiger partial charge >= 0.3 is 0 Å². The van der Waals surface area contributed by atoms with Gasteiger partial charge in [0.05, 0.1) is 0 Å². The van der Waals surface area contributed by atoms with Gasteiger partial charge in [-0.1, -0.05) is 11.8 Å². The van der Waals surface area contributed by atoms with E-state index >= 15 is 0 Å². The molecule has 0 unspecified atom stereocenters. The fourth-order valence-electron chi connectivity index (χ4n) is 0.754. The molecule has 0 aromatic heterocycles. The van der Waals surface area contributed by atoms with Gasteiger partial charge in [-0.25, -0.2) is 0 Å². The standard InChI is InChI=1S/C8H16N4S/c1-10-8(11-7-9)13-6-4-5-12(2)3/h4-6H2,1-3H3,(H,10,11). The van der Waals surface area contributed by atoms with Crippen LogP contribution in [0, 0.1) is 11.5 Å². The van der Waals surface area contributed by atoms with Gasteiger partial charge in [0.1, 0.15) is 0 Å². The van der Waals surface area contributed by atoms with E-state index in [0.717, 1.165) is 18.7 Å². The Morgan fingerprint density at radius 1 is 1.62 bits per heavy atom. The molecule has 0 aliphatic rings. The molecule has 0 aliphatic heterocycles. The molecule has 0 aliphatic carbocycles. The van der Waals surface area contributed by atoms with E-state index in [4.69, 9.17) is 5.26 Å². The predicted molar refractivity (Wildman–Crippen MR) is 57.7 cm³/mol. The number of nitriles is 1. The molecule has 0 saturated heterocycles. The zero-order valence-corrected chi connectivity index (χ0v) is 9.19. The van der Waals surface area contributed by atoms with Crippen LogP contribution < -0.4 is 5.32 Å². The smallest absolute Gasteiger partial charge is 0.183 e. The second-order valence-corrected chi connectivity index (χ2v) is 3.85. The number of hydrogen-bond acceptors (Lipinski definition) is 4. The number of hydrogen-bond donors (Lipinski definition) is 1. The van der Waals surface area contributed by atoms with E-state index in [-0.39, 0.29) is 0 Å². The fraction of sp³-hybridized carbons (Fsp3) is 0.750. The second kappa shape index (κ2) is 7.90. The normalized spacial score (nSPS) is 11.5. The maximum absolute atomic E-state index is 8.35. The van der Waals surface area contributed by atoms with Crippen molar-refractivity contribution >= 4 is 16.9 Å². The maximum Gasteiger partial charge on any atom is 0.183 e. The van der Waals surface area contributed by atoms with Gasteiger partial charge < -0.3 is 4.90 Å². The van der Waals surface area contributed by atoms with Crippen LogP contribution in [-0.4, -0.2) is 43.5 Å². The van der Waals surface area contributed by atoms with Gasteiger partial charge in [0, 0.05) is 12.8 Å². The topological polar surface area (TPSA) is 51.4 Å². The quantitative estimate of drug-likeness (QED) is 0.239. The van der Waals surface area contributed by atoms with Crippen molar-refractivity contribution < 1.29 is 0 Å². The number of nitrogens with zero attached hydrogens (tertiary/aromatic N) is 3. The van der Waals surface area contributed by atoms with Gasteiger partial charge in [0.15, 0.2) is 11.4 Å². The summed E-state index contributed by atoms with van der Waals surface area (Å²) >= 11 is 1.58. The molecule has 5 heteroatoms. The molecule has 1 N–H and O–H groups in total. The molecule has 0 atom stereocenters. The lowest BCUT2D eigenvalue weighted by atomic mass is 10.5. The van der Waals surface area contributed by atoms with Gasteiger partial charge in [-0.3, -0.25) is 10.3 Å². The average molecular weight is 200 g/mol. The number of aliphatic imine (C=N–C) groups is 1. The summed E-state index contributed by atoms with van der Waals surface area (Å²) in [6.07, 6.45) is 2.96. The van der Waals surface area contributed by atoms with E-state index in [1.807, 2.05) is 20.3 Å². The zero-order chi connectivity index (χ0) is 10.1. The van der Waals surface area contributed by atoms with Crippen LogP contribution in [0.1, 0.15) is 6.42 Å². The van der Waals surface area contributed by atoms with Crippen LogP contribution in [0.3, 0.4) is 0 Å². The molecule has 0 rings (SSSR count). The molecular formula is C8H16N4S. The second-order valence-electron chi connectivity index (χ2n) is 2.77. The van der Waals surface area contributed by atoms with E-state index in [9.17, 15) is 0 Å². The highest BCUT2D eigenvalue weighted by Crippen LogP contribution is 2.03. The summed E-state index contributed by atoms with van der Waals surface area (Å²) in [6, 6.07) is 0. The summed E-state index contributed by atoms with van der Waals surface area (Å²) in [5.41, 5.74) is 0. The van der Waals surface area contributed by atoms with Crippen molar-refractivity contribution in [2.45, 2.75) is 6.42 Å². The Bertz CT molecular complexity index is 195. The van der Waals surface area contributed by atoms with E-state index in [0.29, 0.717) is 5.17 Å². The summed E-state index contributed by atoms with van der Waals surface area (Å²) < 4.78 is 0. The van der Waals surface area contributed by atoms with Crippen molar-refractivity contribution in [2.75, 3.05) is 33.4 Å². The van der Waals surface area contributed by atoms with Crippen molar-refractivity contribution in [3.63, 3.8) is 0 Å². The minimum Gasteiger partial charge on any atom is -0.309 e. The molecule has 74 valence electrons. The first-order chi connectivity index (χ1) is 6.20. The van der Waals surface area contributed by atoms with Crippen LogP contribution in [0.2, 0.25) is 0 Å². The largest absolute Gasteiger partial charge is 0.309 e. The molecule has 0 radical (unpaired) electrons. The lowest BCUT2D eigenvalue weighted by Gasteiger charge is -2.08. The lowest BCUT2D eigenvalue weighted by Crippen LogP contribution is -2.16. The van der Waals surface area contributed by atoms with Crippen LogP contribution in [0.25, 0.3) is 0 Å². The predicted octanol–water partition coefficient (Wildman–Crippen LogP) is 0.728. The first-order valence-corrected chi connectivity index (χ1v) is 5.08. The van der Waals surface area contributed by atoms with E-state index in [2.05, 4.69) is 15.2 Å². The fourth-order valence-corrected chi connectivity index (χ4v) is 1.47. The van der Waals surface area contributed by atoms with Gasteiger partial charge in [0.2, 0.25) is 0 Å². The molecule has 0 amide bonds. The number of amidine groups is 1. The zero-order valence-electron chi connectivity index (χ0n) is 8.37. The molecule has 0 heterocycles. The summed E-state index contributed by atoms with van der Waals surface area (Å²) in [6.45, 7) is 1.07. The summed E-state index contributed by atoms with van der Waals surface area (Å²) in [5, 5.41) is 11.6. The molecular weight excluding hydrogens is 184 g/mol. The minimum atomic E-state index is 0.696. The van der Waals surface area contributed by atoms with Crippen LogP contribution in [0.4, 0.5) is 0 Å².